The van der Waals surface area contributed by atoms with Crippen molar-refractivity contribution in [3.05, 3.63) is 23.9 Å². The number of carbonyl (C=O) groups is 1. The smallest absolute Gasteiger partial charge is 0.224 e. The third-order valence-corrected chi connectivity index (χ3v) is 5.41. The summed E-state index contributed by atoms with van der Waals surface area (Å²) in [7, 11) is 0. The summed E-state index contributed by atoms with van der Waals surface area (Å²) in [4.78, 5) is 26.3. The van der Waals surface area contributed by atoms with Gasteiger partial charge in [-0.3, -0.25) is 4.79 Å². The van der Waals surface area contributed by atoms with E-state index in [4.69, 9.17) is 4.98 Å². The van der Waals surface area contributed by atoms with E-state index >= 15 is 0 Å². The zero-order valence-electron chi connectivity index (χ0n) is 15.8. The van der Waals surface area contributed by atoms with Gasteiger partial charge in [0.15, 0.2) is 0 Å². The highest BCUT2D eigenvalue weighted by molar-refractivity contribution is 5.76. The van der Waals surface area contributed by atoms with E-state index in [1.165, 1.54) is 19.2 Å². The Morgan fingerprint density at radius 1 is 1.19 bits per heavy atom. The molecule has 0 N–H and O–H groups in total. The fourth-order valence-electron chi connectivity index (χ4n) is 3.99. The number of piperidine rings is 1. The van der Waals surface area contributed by atoms with Gasteiger partial charge in [-0.2, -0.15) is 0 Å². The monoisotopic (exact) mass is 370 g/mol. The van der Waals surface area contributed by atoms with E-state index in [9.17, 15) is 4.79 Å². The van der Waals surface area contributed by atoms with Gasteiger partial charge in [-0.15, -0.1) is 5.10 Å². The van der Waals surface area contributed by atoms with Crippen LogP contribution in [-0.4, -0.2) is 67.2 Å². The summed E-state index contributed by atoms with van der Waals surface area (Å²) in [6.45, 7) is 6.16. The molecule has 9 heteroatoms. The van der Waals surface area contributed by atoms with Crippen LogP contribution in [0.3, 0.4) is 0 Å². The number of anilines is 1. The number of aromatic nitrogens is 6. The number of aryl methyl sites for hydroxylation is 2. The quantitative estimate of drug-likeness (QED) is 0.780. The van der Waals surface area contributed by atoms with E-state index < -0.39 is 0 Å². The van der Waals surface area contributed by atoms with Crippen molar-refractivity contribution in [3.63, 3.8) is 0 Å². The summed E-state index contributed by atoms with van der Waals surface area (Å²) in [5.41, 5.74) is 1.07. The zero-order chi connectivity index (χ0) is 18.6. The lowest BCUT2D eigenvalue weighted by molar-refractivity contribution is -0.132. The van der Waals surface area contributed by atoms with Crippen molar-refractivity contribution in [2.45, 2.75) is 51.5 Å². The lowest BCUT2D eigenvalue weighted by atomic mass is 9.94. The number of amides is 1. The largest absolute Gasteiger partial charge is 0.357 e. The minimum Gasteiger partial charge on any atom is -0.357 e. The molecule has 27 heavy (non-hydrogen) atoms. The average molecular weight is 370 g/mol. The predicted molar refractivity (Wildman–Crippen MR) is 99.2 cm³/mol. The molecular formula is C18H26N8O. The van der Waals surface area contributed by atoms with Gasteiger partial charge in [-0.1, -0.05) is 0 Å². The van der Waals surface area contributed by atoms with Gasteiger partial charge >= 0.3 is 0 Å². The maximum Gasteiger partial charge on any atom is 0.224 e. The first-order valence-corrected chi connectivity index (χ1v) is 9.78. The Balaban J connectivity index is 1.42. The number of nitrogens with zero attached hydrogens (tertiary/aromatic N) is 8. The van der Waals surface area contributed by atoms with Crippen molar-refractivity contribution < 1.29 is 4.79 Å². The maximum absolute atomic E-state index is 12.6. The Bertz CT molecular complexity index is 772. The first-order chi connectivity index (χ1) is 13.2. The zero-order valence-corrected chi connectivity index (χ0v) is 15.8. The molecule has 0 saturated carbocycles. The molecule has 2 fully saturated rings. The molecule has 4 rings (SSSR count). The second kappa shape index (κ2) is 7.98. The first-order valence-electron chi connectivity index (χ1n) is 9.78. The van der Waals surface area contributed by atoms with Crippen LogP contribution in [0.15, 0.2) is 12.4 Å². The molecule has 144 valence electrons. The maximum atomic E-state index is 12.6. The van der Waals surface area contributed by atoms with E-state index in [0.29, 0.717) is 13.0 Å². The second-order valence-corrected chi connectivity index (χ2v) is 7.39. The Labute approximate surface area is 158 Å². The van der Waals surface area contributed by atoms with Gasteiger partial charge in [0.2, 0.25) is 5.91 Å². The van der Waals surface area contributed by atoms with E-state index in [-0.39, 0.29) is 11.8 Å². The molecule has 0 aliphatic carbocycles. The molecule has 2 aliphatic heterocycles. The van der Waals surface area contributed by atoms with Gasteiger partial charge in [0.25, 0.3) is 0 Å². The summed E-state index contributed by atoms with van der Waals surface area (Å²) in [6.07, 6.45) is 6.47. The van der Waals surface area contributed by atoms with Crippen molar-refractivity contribution in [1.29, 1.82) is 0 Å². The molecule has 0 aromatic carbocycles. The molecule has 0 radical (unpaired) electrons. The molecule has 2 aromatic heterocycles. The molecule has 1 unspecified atom stereocenters. The summed E-state index contributed by atoms with van der Waals surface area (Å²) in [5.74, 6) is 2.29. The Morgan fingerprint density at radius 3 is 2.81 bits per heavy atom. The molecule has 2 aliphatic rings. The fraction of sp³-hybridized carbons (Fsp3) is 0.667. The topological polar surface area (TPSA) is 92.9 Å². The molecular weight excluding hydrogens is 344 g/mol. The average Bonchev–Trinajstić information content (AvgIpc) is 3.39. The SMILES string of the molecule is Cc1nc(C2CCCN(C(=O)CCn3cnnn3)C2)cc(N2CCCC2)n1. The molecule has 2 aromatic rings. The van der Waals surface area contributed by atoms with Crippen LogP contribution in [0.5, 0.6) is 0 Å². The normalized spacial score (nSPS) is 20.3. The molecule has 1 amide bonds. The fourth-order valence-corrected chi connectivity index (χ4v) is 3.99. The first kappa shape index (κ1) is 17.8. The van der Waals surface area contributed by atoms with Crippen LogP contribution in [0.4, 0.5) is 5.82 Å². The molecule has 4 heterocycles. The van der Waals surface area contributed by atoms with Crippen molar-refractivity contribution >= 4 is 11.7 Å². The molecule has 0 bridgehead atoms. The Hall–Kier alpha value is -2.58. The van der Waals surface area contributed by atoms with E-state index in [2.05, 4.69) is 31.5 Å². The molecule has 9 nitrogen and oxygen atoms in total. The highest BCUT2D eigenvalue weighted by Gasteiger charge is 2.27. The highest BCUT2D eigenvalue weighted by Crippen LogP contribution is 2.29. The van der Waals surface area contributed by atoms with Gasteiger partial charge in [0, 0.05) is 44.6 Å². The standard InChI is InChI=1S/C18H26N8O/c1-14-20-16(11-17(21-14)24-7-2-3-8-24)15-5-4-9-25(12-15)18(27)6-10-26-13-19-22-23-26/h11,13,15H,2-10,12H2,1H3. The predicted octanol–water partition coefficient (Wildman–Crippen LogP) is 1.17. The second-order valence-electron chi connectivity index (χ2n) is 7.39. The number of hydrogen-bond donors (Lipinski definition) is 0. The molecule has 1 atom stereocenters. The van der Waals surface area contributed by atoms with Gasteiger partial charge in [-0.05, 0) is 43.0 Å². The minimum atomic E-state index is 0.153. The van der Waals surface area contributed by atoms with Gasteiger partial charge in [0.05, 0.1) is 12.2 Å². The van der Waals surface area contributed by atoms with Crippen molar-refractivity contribution in [3.8, 4) is 0 Å². The van der Waals surface area contributed by atoms with Crippen LogP contribution < -0.4 is 4.90 Å². The van der Waals surface area contributed by atoms with Gasteiger partial charge in [0.1, 0.15) is 18.0 Å². The van der Waals surface area contributed by atoms with E-state index in [1.54, 1.807) is 4.68 Å². The van der Waals surface area contributed by atoms with Gasteiger partial charge in [-0.25, -0.2) is 14.6 Å². The van der Waals surface area contributed by atoms with Crippen LogP contribution in [0.1, 0.15) is 49.5 Å². The Kier molecular flexibility index (Phi) is 5.26. The minimum absolute atomic E-state index is 0.153. The van der Waals surface area contributed by atoms with Crippen LogP contribution in [0, 0.1) is 6.92 Å². The molecule has 2 saturated heterocycles. The third kappa shape index (κ3) is 4.23. The van der Waals surface area contributed by atoms with Crippen LogP contribution in [0.25, 0.3) is 0 Å². The number of carbonyl (C=O) groups excluding carboxylic acids is 1. The van der Waals surface area contributed by atoms with Crippen LogP contribution in [0.2, 0.25) is 0 Å². The van der Waals surface area contributed by atoms with Crippen LogP contribution >= 0.6 is 0 Å². The van der Waals surface area contributed by atoms with Gasteiger partial charge < -0.3 is 9.80 Å². The van der Waals surface area contributed by atoms with E-state index in [1.807, 2.05) is 11.8 Å². The summed E-state index contributed by atoms with van der Waals surface area (Å²) in [6, 6.07) is 2.14. The lowest BCUT2D eigenvalue weighted by Crippen LogP contribution is -2.39. The van der Waals surface area contributed by atoms with Crippen molar-refractivity contribution in [2.24, 2.45) is 0 Å². The third-order valence-electron chi connectivity index (χ3n) is 5.41. The summed E-state index contributed by atoms with van der Waals surface area (Å²) >= 11 is 0. The highest BCUT2D eigenvalue weighted by atomic mass is 16.2. The van der Waals surface area contributed by atoms with Crippen molar-refractivity contribution in [2.75, 3.05) is 31.1 Å². The number of rotatable bonds is 5. The Morgan fingerprint density at radius 2 is 2.04 bits per heavy atom. The lowest BCUT2D eigenvalue weighted by Gasteiger charge is -2.33. The molecule has 0 spiro atoms. The van der Waals surface area contributed by atoms with Crippen molar-refractivity contribution in [1.82, 2.24) is 35.1 Å². The van der Waals surface area contributed by atoms with E-state index in [0.717, 1.165) is 56.4 Å². The summed E-state index contributed by atoms with van der Waals surface area (Å²) in [5, 5.41) is 11.0. The number of hydrogen-bond acceptors (Lipinski definition) is 7. The number of tetrazole rings is 1. The number of likely N-dealkylation sites (tertiary alicyclic amines) is 1. The summed E-state index contributed by atoms with van der Waals surface area (Å²) < 4.78 is 1.59. The van der Waals surface area contributed by atoms with Crippen LogP contribution in [-0.2, 0) is 11.3 Å².